The first-order valence-corrected chi connectivity index (χ1v) is 7.17. The molecule has 0 aliphatic heterocycles. The number of halogens is 3. The summed E-state index contributed by atoms with van der Waals surface area (Å²) in [5.74, 6) is -4.75. The number of amides is 1. The van der Waals surface area contributed by atoms with Crippen LogP contribution in [0, 0.1) is 17.5 Å². The second-order valence-corrected chi connectivity index (χ2v) is 5.06. The van der Waals surface area contributed by atoms with Crippen LogP contribution in [-0.4, -0.2) is 34.6 Å². The molecule has 0 aliphatic carbocycles. The largest absolute Gasteiger partial charge is 0.371 e. The van der Waals surface area contributed by atoms with Crippen molar-refractivity contribution in [3.8, 4) is 0 Å². The fraction of sp³-hybridized carbons (Fsp3) is 0.400. The van der Waals surface area contributed by atoms with Crippen molar-refractivity contribution >= 4 is 5.91 Å². The van der Waals surface area contributed by atoms with Gasteiger partial charge in [0.05, 0.1) is 6.54 Å². The van der Waals surface area contributed by atoms with E-state index in [9.17, 15) is 18.0 Å². The van der Waals surface area contributed by atoms with Gasteiger partial charge in [0, 0.05) is 19.2 Å². The third-order valence-corrected chi connectivity index (χ3v) is 3.21. The van der Waals surface area contributed by atoms with Gasteiger partial charge in [0.1, 0.15) is 6.10 Å². The lowest BCUT2D eigenvalue weighted by molar-refractivity contribution is 0.0682. The molecule has 1 amide bonds. The fourth-order valence-electron chi connectivity index (χ4n) is 2.00. The number of hydrogen-bond acceptors (Lipinski definition) is 5. The van der Waals surface area contributed by atoms with E-state index in [2.05, 4.69) is 10.1 Å². The molecule has 0 spiro atoms. The van der Waals surface area contributed by atoms with Crippen molar-refractivity contribution in [1.82, 2.24) is 15.0 Å². The SMILES string of the molecule is CCO[C@H](C)c1noc(CN(C)C(=O)c2cc(F)c(F)c(F)c2)n1. The van der Waals surface area contributed by atoms with E-state index in [-0.39, 0.29) is 24.1 Å². The summed E-state index contributed by atoms with van der Waals surface area (Å²) in [7, 11) is 1.39. The Balaban J connectivity index is 2.09. The highest BCUT2D eigenvalue weighted by Crippen LogP contribution is 2.17. The number of carbonyl (C=O) groups excluding carboxylic acids is 1. The van der Waals surface area contributed by atoms with Gasteiger partial charge in [-0.25, -0.2) is 13.2 Å². The molecule has 2 rings (SSSR count). The quantitative estimate of drug-likeness (QED) is 0.755. The lowest BCUT2D eigenvalue weighted by Gasteiger charge is -2.15. The first kappa shape index (κ1) is 17.9. The molecule has 0 N–H and O–H groups in total. The molecule has 0 fully saturated rings. The second kappa shape index (κ2) is 7.43. The van der Waals surface area contributed by atoms with Gasteiger partial charge in [0.25, 0.3) is 5.91 Å². The standard InChI is InChI=1S/C15H16F3N3O3/c1-4-23-8(2)14-19-12(24-20-14)7-21(3)15(22)9-5-10(16)13(18)11(17)6-9/h5-6,8H,4,7H2,1-3H3/t8-/m1/s1. The molecule has 0 bridgehead atoms. The maximum absolute atomic E-state index is 13.2. The zero-order valence-electron chi connectivity index (χ0n) is 13.3. The minimum atomic E-state index is -1.62. The monoisotopic (exact) mass is 343 g/mol. The van der Waals surface area contributed by atoms with Crippen LogP contribution >= 0.6 is 0 Å². The Bertz CT molecular complexity index is 713. The number of benzene rings is 1. The molecule has 2 aromatic rings. The maximum Gasteiger partial charge on any atom is 0.254 e. The van der Waals surface area contributed by atoms with E-state index in [4.69, 9.17) is 9.26 Å². The minimum absolute atomic E-state index is 0.0781. The highest BCUT2D eigenvalue weighted by Gasteiger charge is 2.20. The second-order valence-electron chi connectivity index (χ2n) is 5.06. The average molecular weight is 343 g/mol. The number of nitrogens with zero attached hydrogens (tertiary/aromatic N) is 3. The van der Waals surface area contributed by atoms with E-state index in [1.54, 1.807) is 6.92 Å². The van der Waals surface area contributed by atoms with Crippen LogP contribution in [0.4, 0.5) is 13.2 Å². The third kappa shape index (κ3) is 3.91. The van der Waals surface area contributed by atoms with Gasteiger partial charge in [-0.15, -0.1) is 0 Å². The maximum atomic E-state index is 13.2. The molecule has 0 unspecified atom stereocenters. The molecule has 130 valence electrons. The lowest BCUT2D eigenvalue weighted by atomic mass is 10.2. The van der Waals surface area contributed by atoms with Crippen LogP contribution < -0.4 is 0 Å². The Labute approximate surface area is 136 Å². The van der Waals surface area contributed by atoms with Crippen LogP contribution in [0.1, 0.15) is 42.0 Å². The molecule has 0 radical (unpaired) electrons. The topological polar surface area (TPSA) is 68.5 Å². The van der Waals surface area contributed by atoms with Crippen LogP contribution in [0.25, 0.3) is 0 Å². The van der Waals surface area contributed by atoms with Gasteiger partial charge in [-0.1, -0.05) is 5.16 Å². The molecule has 9 heteroatoms. The number of hydrogen-bond donors (Lipinski definition) is 0. The summed E-state index contributed by atoms with van der Waals surface area (Å²) in [6.07, 6.45) is -0.367. The molecular weight excluding hydrogens is 327 g/mol. The smallest absolute Gasteiger partial charge is 0.254 e. The highest BCUT2D eigenvalue weighted by molar-refractivity contribution is 5.94. The van der Waals surface area contributed by atoms with E-state index in [1.165, 1.54) is 7.05 Å². The highest BCUT2D eigenvalue weighted by atomic mass is 19.2. The van der Waals surface area contributed by atoms with Crippen LogP contribution in [-0.2, 0) is 11.3 Å². The van der Waals surface area contributed by atoms with Gasteiger partial charge < -0.3 is 14.2 Å². The number of ether oxygens (including phenoxy) is 1. The fourth-order valence-corrected chi connectivity index (χ4v) is 2.00. The summed E-state index contributed by atoms with van der Waals surface area (Å²) < 4.78 is 49.7. The van der Waals surface area contributed by atoms with E-state index in [1.807, 2.05) is 6.92 Å². The van der Waals surface area contributed by atoms with Crippen molar-refractivity contribution in [1.29, 1.82) is 0 Å². The Morgan fingerprint density at radius 3 is 2.54 bits per heavy atom. The van der Waals surface area contributed by atoms with Crippen molar-refractivity contribution in [2.45, 2.75) is 26.5 Å². The molecule has 1 aromatic carbocycles. The van der Waals surface area contributed by atoms with Crippen molar-refractivity contribution < 1.29 is 27.2 Å². The summed E-state index contributed by atoms with van der Waals surface area (Å²) in [5, 5.41) is 3.74. The molecule has 0 saturated carbocycles. The first-order chi connectivity index (χ1) is 11.3. The molecule has 24 heavy (non-hydrogen) atoms. The Morgan fingerprint density at radius 1 is 1.33 bits per heavy atom. The van der Waals surface area contributed by atoms with Crippen molar-refractivity contribution in [2.24, 2.45) is 0 Å². The molecular formula is C15H16F3N3O3. The van der Waals surface area contributed by atoms with Crippen molar-refractivity contribution in [2.75, 3.05) is 13.7 Å². The summed E-state index contributed by atoms with van der Waals surface area (Å²) in [6, 6.07) is 1.27. The predicted octanol–water partition coefficient (Wildman–Crippen LogP) is 2.86. The number of rotatable bonds is 6. The van der Waals surface area contributed by atoms with Gasteiger partial charge in [0.15, 0.2) is 23.3 Å². The van der Waals surface area contributed by atoms with Crippen LogP contribution in [0.2, 0.25) is 0 Å². The van der Waals surface area contributed by atoms with E-state index in [0.717, 1.165) is 4.90 Å². The van der Waals surface area contributed by atoms with E-state index < -0.39 is 23.4 Å². The molecule has 6 nitrogen and oxygen atoms in total. The zero-order chi connectivity index (χ0) is 17.9. The molecule has 0 aliphatic rings. The Hall–Kier alpha value is -2.42. The number of carbonyl (C=O) groups is 1. The van der Waals surface area contributed by atoms with Gasteiger partial charge >= 0.3 is 0 Å². The summed E-state index contributed by atoms with van der Waals surface area (Å²) in [4.78, 5) is 17.4. The predicted molar refractivity (Wildman–Crippen MR) is 76.5 cm³/mol. The molecule has 1 heterocycles. The van der Waals surface area contributed by atoms with Gasteiger partial charge in [-0.2, -0.15) is 4.98 Å². The average Bonchev–Trinajstić information content (AvgIpc) is 3.00. The van der Waals surface area contributed by atoms with E-state index in [0.29, 0.717) is 24.6 Å². The van der Waals surface area contributed by atoms with Crippen LogP contribution in [0.3, 0.4) is 0 Å². The Kier molecular flexibility index (Phi) is 5.55. The molecule has 1 aromatic heterocycles. The van der Waals surface area contributed by atoms with Gasteiger partial charge in [0.2, 0.25) is 5.89 Å². The van der Waals surface area contributed by atoms with Crippen molar-refractivity contribution in [3.05, 3.63) is 46.9 Å². The minimum Gasteiger partial charge on any atom is -0.371 e. The number of aromatic nitrogens is 2. The third-order valence-electron chi connectivity index (χ3n) is 3.21. The van der Waals surface area contributed by atoms with Gasteiger partial charge in [-0.05, 0) is 26.0 Å². The van der Waals surface area contributed by atoms with Gasteiger partial charge in [-0.3, -0.25) is 4.79 Å². The molecule has 0 saturated heterocycles. The van der Waals surface area contributed by atoms with Crippen LogP contribution in [0.5, 0.6) is 0 Å². The summed E-state index contributed by atoms with van der Waals surface area (Å²) in [6.45, 7) is 3.97. The zero-order valence-corrected chi connectivity index (χ0v) is 13.3. The Morgan fingerprint density at radius 2 is 1.96 bits per heavy atom. The normalized spacial score (nSPS) is 12.2. The summed E-state index contributed by atoms with van der Waals surface area (Å²) >= 11 is 0. The first-order valence-electron chi connectivity index (χ1n) is 7.17. The lowest BCUT2D eigenvalue weighted by Crippen LogP contribution is -2.26. The van der Waals surface area contributed by atoms with Crippen LogP contribution in [0.15, 0.2) is 16.7 Å². The summed E-state index contributed by atoms with van der Waals surface area (Å²) in [5.41, 5.74) is -0.323. The molecule has 1 atom stereocenters. The van der Waals surface area contributed by atoms with E-state index >= 15 is 0 Å². The van der Waals surface area contributed by atoms with Crippen molar-refractivity contribution in [3.63, 3.8) is 0 Å².